The van der Waals surface area contributed by atoms with Crippen LogP contribution in [0.3, 0.4) is 0 Å². The first-order chi connectivity index (χ1) is 6.67. The van der Waals surface area contributed by atoms with Crippen LogP contribution < -0.4 is 0 Å². The smallest absolute Gasteiger partial charge is 0.153 e. The number of hydrogen-bond acceptors (Lipinski definition) is 3. The topological polar surface area (TPSA) is 43.4 Å². The lowest BCUT2D eigenvalue weighted by atomic mass is 10.1. The molecule has 0 aliphatic carbocycles. The van der Waals surface area contributed by atoms with E-state index in [4.69, 9.17) is 4.74 Å². The lowest BCUT2D eigenvalue weighted by Crippen LogP contribution is -2.29. The van der Waals surface area contributed by atoms with Gasteiger partial charge >= 0.3 is 0 Å². The van der Waals surface area contributed by atoms with E-state index >= 15 is 0 Å². The summed E-state index contributed by atoms with van der Waals surface area (Å²) in [5, 5.41) is -0.165. The molecule has 0 amide bonds. The molecule has 14 heavy (non-hydrogen) atoms. The van der Waals surface area contributed by atoms with E-state index in [-0.39, 0.29) is 5.25 Å². The maximum atomic E-state index is 11.6. The number of rotatable bonds is 4. The van der Waals surface area contributed by atoms with Crippen LogP contribution in [0.4, 0.5) is 0 Å². The van der Waals surface area contributed by atoms with E-state index in [1.807, 2.05) is 6.92 Å². The van der Waals surface area contributed by atoms with Crippen LogP contribution in [0.15, 0.2) is 12.3 Å². The molecule has 1 aliphatic heterocycles. The Balaban J connectivity index is 2.35. The molecule has 3 nitrogen and oxygen atoms in total. The molecule has 1 heterocycles. The van der Waals surface area contributed by atoms with Crippen LogP contribution in [0.5, 0.6) is 0 Å². The van der Waals surface area contributed by atoms with E-state index in [9.17, 15) is 8.42 Å². The minimum absolute atomic E-state index is 0.165. The zero-order valence-corrected chi connectivity index (χ0v) is 9.42. The predicted octanol–water partition coefficient (Wildman–Crippen LogP) is 1.89. The Morgan fingerprint density at radius 1 is 1.43 bits per heavy atom. The van der Waals surface area contributed by atoms with Gasteiger partial charge in [0.15, 0.2) is 9.84 Å². The highest BCUT2D eigenvalue weighted by molar-refractivity contribution is 7.92. The van der Waals surface area contributed by atoms with E-state index in [0.29, 0.717) is 18.8 Å². The molecule has 1 atom stereocenters. The van der Waals surface area contributed by atoms with Gasteiger partial charge in [-0.05, 0) is 26.2 Å². The summed E-state index contributed by atoms with van der Waals surface area (Å²) in [6, 6.07) is 0. The van der Waals surface area contributed by atoms with Gasteiger partial charge < -0.3 is 4.74 Å². The molecule has 0 aromatic rings. The van der Waals surface area contributed by atoms with E-state index in [1.165, 1.54) is 0 Å². The number of hydrogen-bond donors (Lipinski definition) is 0. The highest BCUT2D eigenvalue weighted by atomic mass is 32.2. The van der Waals surface area contributed by atoms with Gasteiger partial charge in [0.1, 0.15) is 0 Å². The van der Waals surface area contributed by atoms with Crippen molar-refractivity contribution >= 4 is 9.84 Å². The molecule has 0 radical (unpaired) electrons. The quantitative estimate of drug-likeness (QED) is 0.534. The average Bonchev–Trinajstić information content (AvgIpc) is 2.14. The monoisotopic (exact) mass is 218 g/mol. The van der Waals surface area contributed by atoms with Gasteiger partial charge in [0.25, 0.3) is 0 Å². The fraction of sp³-hybridized carbons (Fsp3) is 0.800. The fourth-order valence-corrected chi connectivity index (χ4v) is 3.63. The normalized spacial score (nSPS) is 26.5. The van der Waals surface area contributed by atoms with Crippen LogP contribution in [0.2, 0.25) is 0 Å². The van der Waals surface area contributed by atoms with Gasteiger partial charge in [-0.25, -0.2) is 8.42 Å². The molecule has 0 aromatic heterocycles. The first kappa shape index (κ1) is 11.6. The summed E-state index contributed by atoms with van der Waals surface area (Å²) < 4.78 is 28.3. The van der Waals surface area contributed by atoms with Crippen molar-refractivity contribution in [1.29, 1.82) is 0 Å². The molecule has 1 rings (SSSR count). The minimum atomic E-state index is -2.81. The van der Waals surface area contributed by atoms with Crippen LogP contribution >= 0.6 is 0 Å². The molecule has 0 aromatic carbocycles. The van der Waals surface area contributed by atoms with Gasteiger partial charge in [-0.1, -0.05) is 12.5 Å². The first-order valence-corrected chi connectivity index (χ1v) is 6.82. The third-order valence-electron chi connectivity index (χ3n) is 2.50. The van der Waals surface area contributed by atoms with E-state index in [2.05, 4.69) is 0 Å². The largest absolute Gasteiger partial charge is 0.501 e. The SMILES string of the molecule is C/C=C/OCCC1CCCCS1(=O)=O. The second-order valence-electron chi connectivity index (χ2n) is 3.61. The van der Waals surface area contributed by atoms with Crippen molar-refractivity contribution in [2.45, 2.75) is 37.9 Å². The lowest BCUT2D eigenvalue weighted by molar-refractivity contribution is 0.240. The van der Waals surface area contributed by atoms with E-state index in [1.54, 1.807) is 12.3 Å². The van der Waals surface area contributed by atoms with Crippen molar-refractivity contribution in [1.82, 2.24) is 0 Å². The summed E-state index contributed by atoms with van der Waals surface area (Å²) in [5.74, 6) is 0.362. The van der Waals surface area contributed by atoms with Crippen LogP contribution in [0, 0.1) is 0 Å². The first-order valence-electron chi connectivity index (χ1n) is 5.11. The summed E-state index contributed by atoms with van der Waals surface area (Å²) >= 11 is 0. The molecule has 0 N–H and O–H groups in total. The molecular formula is C10H18O3S. The molecule has 1 fully saturated rings. The summed E-state index contributed by atoms with van der Waals surface area (Å²) in [7, 11) is -2.81. The van der Waals surface area contributed by atoms with Crippen molar-refractivity contribution in [2.75, 3.05) is 12.4 Å². The Morgan fingerprint density at radius 3 is 2.86 bits per heavy atom. The Hall–Kier alpha value is -0.510. The Labute approximate surface area is 86.1 Å². The molecular weight excluding hydrogens is 200 g/mol. The maximum Gasteiger partial charge on any atom is 0.153 e. The Morgan fingerprint density at radius 2 is 2.21 bits per heavy atom. The maximum absolute atomic E-state index is 11.6. The van der Waals surface area contributed by atoms with Crippen molar-refractivity contribution in [3.05, 3.63) is 12.3 Å². The zero-order valence-electron chi connectivity index (χ0n) is 8.61. The third-order valence-corrected chi connectivity index (χ3v) is 4.85. The predicted molar refractivity (Wildman–Crippen MR) is 56.8 cm³/mol. The molecule has 1 aliphatic rings. The van der Waals surface area contributed by atoms with Gasteiger partial charge in [0.05, 0.1) is 23.9 Å². The minimum Gasteiger partial charge on any atom is -0.501 e. The zero-order chi connectivity index (χ0) is 10.4. The van der Waals surface area contributed by atoms with Gasteiger partial charge in [0, 0.05) is 0 Å². The van der Waals surface area contributed by atoms with Crippen LogP contribution in [0.25, 0.3) is 0 Å². The van der Waals surface area contributed by atoms with Crippen LogP contribution in [0.1, 0.15) is 32.6 Å². The molecule has 0 saturated carbocycles. The van der Waals surface area contributed by atoms with E-state index < -0.39 is 9.84 Å². The Kier molecular flexibility index (Phi) is 4.45. The van der Waals surface area contributed by atoms with Gasteiger partial charge in [-0.3, -0.25) is 0 Å². The molecule has 1 unspecified atom stereocenters. The van der Waals surface area contributed by atoms with Gasteiger partial charge in [-0.15, -0.1) is 0 Å². The summed E-state index contributed by atoms with van der Waals surface area (Å²) in [4.78, 5) is 0. The molecule has 82 valence electrons. The van der Waals surface area contributed by atoms with Crippen molar-refractivity contribution in [3.8, 4) is 0 Å². The highest BCUT2D eigenvalue weighted by Gasteiger charge is 2.28. The number of sulfone groups is 1. The highest BCUT2D eigenvalue weighted by Crippen LogP contribution is 2.21. The molecule has 0 spiro atoms. The fourth-order valence-electron chi connectivity index (χ4n) is 1.71. The third kappa shape index (κ3) is 3.33. The average molecular weight is 218 g/mol. The van der Waals surface area contributed by atoms with Crippen molar-refractivity contribution in [2.24, 2.45) is 0 Å². The molecule has 1 saturated heterocycles. The standard InChI is InChI=1S/C10H18O3S/c1-2-7-13-8-6-10-5-3-4-9-14(10,11)12/h2,7,10H,3-6,8-9H2,1H3/b7-2+. The van der Waals surface area contributed by atoms with Gasteiger partial charge in [0.2, 0.25) is 0 Å². The summed E-state index contributed by atoms with van der Waals surface area (Å²) in [5.41, 5.74) is 0. The van der Waals surface area contributed by atoms with Crippen molar-refractivity contribution in [3.63, 3.8) is 0 Å². The summed E-state index contributed by atoms with van der Waals surface area (Å²) in [6.07, 6.45) is 6.71. The number of ether oxygens (including phenoxy) is 1. The van der Waals surface area contributed by atoms with Crippen LogP contribution in [-0.2, 0) is 14.6 Å². The van der Waals surface area contributed by atoms with Crippen LogP contribution in [-0.4, -0.2) is 26.0 Å². The van der Waals surface area contributed by atoms with E-state index in [0.717, 1.165) is 19.3 Å². The second kappa shape index (κ2) is 5.39. The van der Waals surface area contributed by atoms with Gasteiger partial charge in [-0.2, -0.15) is 0 Å². The number of allylic oxidation sites excluding steroid dienone is 1. The Bertz CT molecular complexity index is 280. The van der Waals surface area contributed by atoms with Crippen molar-refractivity contribution < 1.29 is 13.2 Å². The second-order valence-corrected chi connectivity index (χ2v) is 6.01. The summed E-state index contributed by atoms with van der Waals surface area (Å²) in [6.45, 7) is 2.38. The molecule has 0 bridgehead atoms. The lowest BCUT2D eigenvalue weighted by Gasteiger charge is -2.21. The molecule has 4 heteroatoms.